The average molecular weight is 303 g/mol. The number of furan rings is 1. The van der Waals surface area contributed by atoms with E-state index in [0.717, 1.165) is 11.1 Å². The van der Waals surface area contributed by atoms with Crippen LogP contribution in [0.25, 0.3) is 6.08 Å². The van der Waals surface area contributed by atoms with Crippen LogP contribution in [0, 0.1) is 0 Å². The van der Waals surface area contributed by atoms with E-state index in [-0.39, 0.29) is 11.9 Å². The smallest absolute Gasteiger partial charge is 0.244 e. The lowest BCUT2D eigenvalue weighted by molar-refractivity contribution is -0.117. The Kier molecular flexibility index (Phi) is 4.69. The van der Waals surface area contributed by atoms with Crippen molar-refractivity contribution >= 4 is 12.0 Å². The molecule has 3 nitrogen and oxygen atoms in total. The first-order chi connectivity index (χ1) is 11.3. The maximum atomic E-state index is 12.3. The van der Waals surface area contributed by atoms with Crippen LogP contribution < -0.4 is 5.32 Å². The molecular formula is C20H17NO2. The molecule has 1 atom stereocenters. The lowest BCUT2D eigenvalue weighted by atomic mass is 10.0. The number of rotatable bonds is 5. The third-order valence-corrected chi connectivity index (χ3v) is 3.47. The second-order valence-corrected chi connectivity index (χ2v) is 5.11. The van der Waals surface area contributed by atoms with Crippen LogP contribution in [0.15, 0.2) is 89.6 Å². The molecule has 3 aromatic rings. The fourth-order valence-electron chi connectivity index (χ4n) is 2.35. The van der Waals surface area contributed by atoms with Crippen molar-refractivity contribution in [2.75, 3.05) is 0 Å². The van der Waals surface area contributed by atoms with Gasteiger partial charge in [0.25, 0.3) is 0 Å². The van der Waals surface area contributed by atoms with Crippen LogP contribution in [0.3, 0.4) is 0 Å². The van der Waals surface area contributed by atoms with Gasteiger partial charge in [-0.25, -0.2) is 0 Å². The topological polar surface area (TPSA) is 42.2 Å². The summed E-state index contributed by atoms with van der Waals surface area (Å²) in [7, 11) is 0. The van der Waals surface area contributed by atoms with Crippen molar-refractivity contribution in [1.29, 1.82) is 0 Å². The van der Waals surface area contributed by atoms with Crippen molar-refractivity contribution in [1.82, 2.24) is 5.32 Å². The Bertz CT molecular complexity index is 762. The van der Waals surface area contributed by atoms with Crippen LogP contribution >= 0.6 is 0 Å². The minimum Gasteiger partial charge on any atom is -0.467 e. The van der Waals surface area contributed by atoms with E-state index in [1.807, 2.05) is 72.8 Å². The molecule has 0 fully saturated rings. The lowest BCUT2D eigenvalue weighted by Crippen LogP contribution is -2.27. The number of hydrogen-bond acceptors (Lipinski definition) is 2. The van der Waals surface area contributed by atoms with Crippen molar-refractivity contribution in [3.05, 3.63) is 102 Å². The Balaban J connectivity index is 1.77. The molecule has 0 aliphatic heterocycles. The first-order valence-corrected chi connectivity index (χ1v) is 7.45. The zero-order chi connectivity index (χ0) is 15.9. The van der Waals surface area contributed by atoms with Crippen LogP contribution in [-0.4, -0.2) is 5.91 Å². The zero-order valence-corrected chi connectivity index (χ0v) is 12.6. The first-order valence-electron chi connectivity index (χ1n) is 7.45. The molecular weight excluding hydrogens is 286 g/mol. The van der Waals surface area contributed by atoms with E-state index in [9.17, 15) is 4.79 Å². The predicted molar refractivity (Wildman–Crippen MR) is 90.6 cm³/mol. The van der Waals surface area contributed by atoms with Gasteiger partial charge in [0.2, 0.25) is 5.91 Å². The standard InChI is InChI=1S/C20H17NO2/c22-19(14-13-16-8-3-1-4-9-16)21-20(18-12-7-15-23-18)17-10-5-2-6-11-17/h1-15,20H,(H,21,22)/b14-13+/t20-/m1/s1. The van der Waals surface area contributed by atoms with Crippen LogP contribution in [0.2, 0.25) is 0 Å². The molecule has 0 bridgehead atoms. The van der Waals surface area contributed by atoms with Gasteiger partial charge in [-0.05, 0) is 29.3 Å². The van der Waals surface area contributed by atoms with E-state index in [4.69, 9.17) is 4.42 Å². The molecule has 1 amide bonds. The van der Waals surface area contributed by atoms with E-state index in [1.165, 1.54) is 6.08 Å². The maximum Gasteiger partial charge on any atom is 0.244 e. The molecule has 114 valence electrons. The SMILES string of the molecule is O=C(/C=C/c1ccccc1)N[C@H](c1ccccc1)c1ccco1. The lowest BCUT2D eigenvalue weighted by Gasteiger charge is -2.16. The fourth-order valence-corrected chi connectivity index (χ4v) is 2.35. The van der Waals surface area contributed by atoms with E-state index >= 15 is 0 Å². The number of benzene rings is 2. The molecule has 1 aromatic heterocycles. The number of carbonyl (C=O) groups is 1. The second-order valence-electron chi connectivity index (χ2n) is 5.11. The van der Waals surface area contributed by atoms with Crippen LogP contribution in [0.5, 0.6) is 0 Å². The fraction of sp³-hybridized carbons (Fsp3) is 0.0500. The molecule has 1 heterocycles. The van der Waals surface area contributed by atoms with Gasteiger partial charge in [0, 0.05) is 6.08 Å². The summed E-state index contributed by atoms with van der Waals surface area (Å²) >= 11 is 0. The van der Waals surface area contributed by atoms with Crippen LogP contribution in [0.4, 0.5) is 0 Å². The molecule has 3 rings (SSSR count). The molecule has 0 aliphatic rings. The normalized spacial score (nSPS) is 12.2. The minimum absolute atomic E-state index is 0.167. The molecule has 0 aliphatic carbocycles. The van der Waals surface area contributed by atoms with Gasteiger partial charge in [-0.15, -0.1) is 0 Å². The van der Waals surface area contributed by atoms with E-state index < -0.39 is 0 Å². The molecule has 0 unspecified atom stereocenters. The van der Waals surface area contributed by atoms with Crippen molar-refractivity contribution in [2.24, 2.45) is 0 Å². The van der Waals surface area contributed by atoms with Crippen LogP contribution in [0.1, 0.15) is 22.9 Å². The molecule has 2 aromatic carbocycles. The van der Waals surface area contributed by atoms with E-state index in [0.29, 0.717) is 5.76 Å². The van der Waals surface area contributed by atoms with Crippen molar-refractivity contribution in [2.45, 2.75) is 6.04 Å². The molecule has 3 heteroatoms. The van der Waals surface area contributed by atoms with Gasteiger partial charge in [-0.1, -0.05) is 60.7 Å². The summed E-state index contributed by atoms with van der Waals surface area (Å²) < 4.78 is 5.47. The van der Waals surface area contributed by atoms with Gasteiger partial charge >= 0.3 is 0 Å². The number of nitrogens with one attached hydrogen (secondary N) is 1. The van der Waals surface area contributed by atoms with Gasteiger partial charge in [-0.3, -0.25) is 4.79 Å². The summed E-state index contributed by atoms with van der Waals surface area (Å²) in [5, 5.41) is 2.99. The van der Waals surface area contributed by atoms with Gasteiger partial charge in [-0.2, -0.15) is 0 Å². The van der Waals surface area contributed by atoms with E-state index in [1.54, 1.807) is 12.3 Å². The summed E-state index contributed by atoms with van der Waals surface area (Å²) in [4.78, 5) is 12.3. The predicted octanol–water partition coefficient (Wildman–Crippen LogP) is 4.20. The summed E-state index contributed by atoms with van der Waals surface area (Å²) in [6.45, 7) is 0. The Labute approximate surface area is 135 Å². The minimum atomic E-state index is -0.306. The largest absolute Gasteiger partial charge is 0.467 e. The highest BCUT2D eigenvalue weighted by Gasteiger charge is 2.17. The Hall–Kier alpha value is -3.07. The van der Waals surface area contributed by atoms with Crippen molar-refractivity contribution < 1.29 is 9.21 Å². The van der Waals surface area contributed by atoms with E-state index in [2.05, 4.69) is 5.32 Å². The van der Waals surface area contributed by atoms with Gasteiger partial charge in [0.15, 0.2) is 0 Å². The summed E-state index contributed by atoms with van der Waals surface area (Å²) in [5.74, 6) is 0.539. The second kappa shape index (κ2) is 7.27. The summed E-state index contributed by atoms with van der Waals surface area (Å²) in [6.07, 6.45) is 4.94. The zero-order valence-electron chi connectivity index (χ0n) is 12.6. The average Bonchev–Trinajstić information content (AvgIpc) is 3.14. The maximum absolute atomic E-state index is 12.3. The monoisotopic (exact) mass is 303 g/mol. The van der Waals surface area contributed by atoms with Gasteiger partial charge in [0.05, 0.1) is 6.26 Å². The summed E-state index contributed by atoms with van der Waals surface area (Å²) in [5.41, 5.74) is 1.96. The number of carbonyl (C=O) groups excluding carboxylic acids is 1. The molecule has 0 saturated carbocycles. The highest BCUT2D eigenvalue weighted by molar-refractivity contribution is 5.92. The quantitative estimate of drug-likeness (QED) is 0.718. The Morgan fingerprint density at radius 3 is 2.26 bits per heavy atom. The first kappa shape index (κ1) is 14.9. The number of amides is 1. The van der Waals surface area contributed by atoms with Gasteiger partial charge in [0.1, 0.15) is 11.8 Å². The molecule has 1 N–H and O–H groups in total. The van der Waals surface area contributed by atoms with Crippen molar-refractivity contribution in [3.8, 4) is 0 Å². The molecule has 0 saturated heterocycles. The molecule has 0 spiro atoms. The highest BCUT2D eigenvalue weighted by Crippen LogP contribution is 2.22. The van der Waals surface area contributed by atoms with Crippen molar-refractivity contribution in [3.63, 3.8) is 0 Å². The summed E-state index contributed by atoms with van der Waals surface area (Å²) in [6, 6.07) is 22.8. The highest BCUT2D eigenvalue weighted by atomic mass is 16.3. The van der Waals surface area contributed by atoms with Gasteiger partial charge < -0.3 is 9.73 Å². The van der Waals surface area contributed by atoms with Crippen LogP contribution in [-0.2, 0) is 4.79 Å². The molecule has 23 heavy (non-hydrogen) atoms. The molecule has 0 radical (unpaired) electrons. The Morgan fingerprint density at radius 1 is 0.913 bits per heavy atom. The Morgan fingerprint density at radius 2 is 1.61 bits per heavy atom. The number of hydrogen-bond donors (Lipinski definition) is 1. The third kappa shape index (κ3) is 3.98. The third-order valence-electron chi connectivity index (χ3n) is 3.47.